The molecule has 0 aliphatic heterocycles. The van der Waals surface area contributed by atoms with Gasteiger partial charge in [-0.2, -0.15) is 0 Å². The van der Waals surface area contributed by atoms with E-state index in [1.807, 2.05) is 13.8 Å². The number of benzene rings is 2. The maximum absolute atomic E-state index is 14.1. The molecule has 2 aromatic rings. The monoisotopic (exact) mass is 388 g/mol. The Morgan fingerprint density at radius 3 is 2.00 bits per heavy atom. The molecule has 0 fully saturated rings. The Labute approximate surface area is 164 Å². The minimum absolute atomic E-state index is 0.0732. The Kier molecular flexibility index (Phi) is 7.67. The summed E-state index contributed by atoms with van der Waals surface area (Å²) in [7, 11) is 0. The first-order chi connectivity index (χ1) is 13.3. The molecule has 0 spiro atoms. The van der Waals surface area contributed by atoms with Gasteiger partial charge in [-0.1, -0.05) is 50.2 Å². The molecule has 0 saturated carbocycles. The number of carbonyl (C=O) groups excluding carboxylic acids is 2. The number of nitrogens with zero attached hydrogens (tertiary/aromatic N) is 1. The summed E-state index contributed by atoms with van der Waals surface area (Å²) in [5.74, 6) is -1.46. The summed E-state index contributed by atoms with van der Waals surface area (Å²) in [6.07, 6.45) is -0.205. The molecule has 150 valence electrons. The summed E-state index contributed by atoms with van der Waals surface area (Å²) < 4.78 is 28.1. The van der Waals surface area contributed by atoms with Gasteiger partial charge in [0.1, 0.15) is 17.7 Å². The first kappa shape index (κ1) is 21.5. The minimum atomic E-state index is -0.822. The van der Waals surface area contributed by atoms with Crippen molar-refractivity contribution in [3.8, 4) is 0 Å². The molecule has 0 aliphatic carbocycles. The summed E-state index contributed by atoms with van der Waals surface area (Å²) in [4.78, 5) is 26.7. The van der Waals surface area contributed by atoms with E-state index in [-0.39, 0.29) is 30.4 Å². The third-order valence-electron chi connectivity index (χ3n) is 4.45. The summed E-state index contributed by atoms with van der Waals surface area (Å²) in [6.45, 7) is 5.92. The second-order valence-corrected chi connectivity index (χ2v) is 7.20. The van der Waals surface area contributed by atoms with Crippen molar-refractivity contribution in [3.05, 3.63) is 71.3 Å². The Bertz CT molecular complexity index is 824. The molecule has 1 atom stereocenters. The van der Waals surface area contributed by atoms with Gasteiger partial charge in [-0.15, -0.1) is 0 Å². The normalized spacial score (nSPS) is 11.9. The van der Waals surface area contributed by atoms with Crippen molar-refractivity contribution in [2.45, 2.75) is 39.8 Å². The molecule has 0 radical (unpaired) electrons. The lowest BCUT2D eigenvalue weighted by atomic mass is 10.1. The van der Waals surface area contributed by atoms with Crippen LogP contribution < -0.4 is 5.32 Å². The average Bonchev–Trinajstić information content (AvgIpc) is 2.66. The third-order valence-corrected chi connectivity index (χ3v) is 4.45. The summed E-state index contributed by atoms with van der Waals surface area (Å²) >= 11 is 0. The fraction of sp³-hybridized carbons (Fsp3) is 0.364. The molecule has 4 nitrogen and oxygen atoms in total. The number of hydrogen-bond acceptors (Lipinski definition) is 2. The average molecular weight is 388 g/mol. The molecule has 28 heavy (non-hydrogen) atoms. The zero-order valence-corrected chi connectivity index (χ0v) is 16.4. The lowest BCUT2D eigenvalue weighted by Crippen LogP contribution is -2.48. The largest absolute Gasteiger partial charge is 0.354 e. The molecular formula is C22H26F2N2O2. The quantitative estimate of drug-likeness (QED) is 0.750. The number of rotatable bonds is 8. The van der Waals surface area contributed by atoms with E-state index in [4.69, 9.17) is 0 Å². The first-order valence-electron chi connectivity index (χ1n) is 9.33. The summed E-state index contributed by atoms with van der Waals surface area (Å²) in [5.41, 5.74) is 0.536. The number of nitrogens with one attached hydrogen (secondary N) is 1. The Morgan fingerprint density at radius 2 is 1.46 bits per heavy atom. The molecule has 2 aromatic carbocycles. The van der Waals surface area contributed by atoms with E-state index >= 15 is 0 Å². The molecular weight excluding hydrogens is 362 g/mol. The molecule has 2 rings (SSSR count). The van der Waals surface area contributed by atoms with Gasteiger partial charge in [-0.3, -0.25) is 9.59 Å². The van der Waals surface area contributed by atoms with Crippen molar-refractivity contribution in [3.63, 3.8) is 0 Å². The second-order valence-electron chi connectivity index (χ2n) is 7.20. The molecule has 0 aliphatic rings. The molecule has 0 unspecified atom stereocenters. The van der Waals surface area contributed by atoms with Crippen LogP contribution >= 0.6 is 0 Å². The van der Waals surface area contributed by atoms with Crippen LogP contribution in [0.1, 0.15) is 31.9 Å². The van der Waals surface area contributed by atoms with Crippen LogP contribution in [0.3, 0.4) is 0 Å². The van der Waals surface area contributed by atoms with Crippen molar-refractivity contribution in [2.75, 3.05) is 6.54 Å². The maximum atomic E-state index is 14.1. The third kappa shape index (κ3) is 5.87. The zero-order valence-electron chi connectivity index (χ0n) is 16.4. The van der Waals surface area contributed by atoms with E-state index in [2.05, 4.69) is 5.32 Å². The first-order valence-corrected chi connectivity index (χ1v) is 9.33. The van der Waals surface area contributed by atoms with Crippen molar-refractivity contribution in [1.29, 1.82) is 0 Å². The highest BCUT2D eigenvalue weighted by atomic mass is 19.1. The Hall–Kier alpha value is -2.76. The second kappa shape index (κ2) is 9.97. The van der Waals surface area contributed by atoms with Gasteiger partial charge in [-0.25, -0.2) is 8.78 Å². The van der Waals surface area contributed by atoms with Crippen LogP contribution in [0.4, 0.5) is 8.78 Å². The standard InChI is InChI=1S/C22H26F2N2O2/c1-15(2)13-25-22(28)16(3)26(14-18-9-5-7-11-20(18)24)21(27)12-17-8-4-6-10-19(17)23/h4-11,15-16H,12-14H2,1-3H3,(H,25,28)/t16-/m1/s1. The Balaban J connectivity index is 2.24. The Morgan fingerprint density at radius 1 is 0.929 bits per heavy atom. The highest BCUT2D eigenvalue weighted by Gasteiger charge is 2.27. The van der Waals surface area contributed by atoms with Crippen LogP contribution in [0.25, 0.3) is 0 Å². The van der Waals surface area contributed by atoms with Crippen molar-refractivity contribution < 1.29 is 18.4 Å². The number of hydrogen-bond donors (Lipinski definition) is 1. The van der Waals surface area contributed by atoms with E-state index in [1.54, 1.807) is 37.3 Å². The zero-order chi connectivity index (χ0) is 20.7. The van der Waals surface area contributed by atoms with E-state index in [0.717, 1.165) is 0 Å². The van der Waals surface area contributed by atoms with Crippen molar-refractivity contribution >= 4 is 11.8 Å². The lowest BCUT2D eigenvalue weighted by Gasteiger charge is -2.29. The fourth-order valence-electron chi connectivity index (χ4n) is 2.75. The van der Waals surface area contributed by atoms with E-state index < -0.39 is 23.6 Å². The van der Waals surface area contributed by atoms with Gasteiger partial charge in [0.05, 0.1) is 6.42 Å². The van der Waals surface area contributed by atoms with E-state index in [1.165, 1.54) is 23.1 Å². The number of amides is 2. The predicted octanol–water partition coefficient (Wildman–Crippen LogP) is 3.70. The number of halogens is 2. The van der Waals surface area contributed by atoms with Gasteiger partial charge < -0.3 is 10.2 Å². The maximum Gasteiger partial charge on any atom is 0.242 e. The topological polar surface area (TPSA) is 49.4 Å². The molecule has 0 bridgehead atoms. The highest BCUT2D eigenvalue weighted by molar-refractivity contribution is 5.88. The van der Waals surface area contributed by atoms with Crippen molar-refractivity contribution in [2.24, 2.45) is 5.92 Å². The molecule has 2 amide bonds. The van der Waals surface area contributed by atoms with Crippen LogP contribution in [0, 0.1) is 17.6 Å². The van der Waals surface area contributed by atoms with E-state index in [9.17, 15) is 18.4 Å². The minimum Gasteiger partial charge on any atom is -0.354 e. The molecule has 0 aromatic heterocycles. The van der Waals surface area contributed by atoms with Gasteiger partial charge in [0.2, 0.25) is 11.8 Å². The van der Waals surface area contributed by atoms with Crippen LogP contribution in [0.2, 0.25) is 0 Å². The number of carbonyl (C=O) groups is 2. The summed E-state index contributed by atoms with van der Waals surface area (Å²) in [6, 6.07) is 11.3. The van der Waals surface area contributed by atoms with Crippen LogP contribution in [0.15, 0.2) is 48.5 Å². The van der Waals surface area contributed by atoms with Gasteiger partial charge in [-0.05, 0) is 30.5 Å². The van der Waals surface area contributed by atoms with E-state index in [0.29, 0.717) is 12.1 Å². The van der Waals surface area contributed by atoms with Gasteiger partial charge >= 0.3 is 0 Å². The van der Waals surface area contributed by atoms with Gasteiger partial charge in [0, 0.05) is 18.7 Å². The predicted molar refractivity (Wildman–Crippen MR) is 104 cm³/mol. The smallest absolute Gasteiger partial charge is 0.242 e. The molecule has 0 heterocycles. The van der Waals surface area contributed by atoms with Crippen LogP contribution in [0.5, 0.6) is 0 Å². The van der Waals surface area contributed by atoms with Crippen LogP contribution in [-0.4, -0.2) is 29.3 Å². The van der Waals surface area contributed by atoms with Gasteiger partial charge in [0.25, 0.3) is 0 Å². The fourth-order valence-corrected chi connectivity index (χ4v) is 2.75. The van der Waals surface area contributed by atoms with Crippen molar-refractivity contribution in [1.82, 2.24) is 10.2 Å². The molecule has 1 N–H and O–H groups in total. The van der Waals surface area contributed by atoms with Crippen LogP contribution in [-0.2, 0) is 22.6 Å². The molecule has 0 saturated heterocycles. The SMILES string of the molecule is CC(C)CNC(=O)[C@@H](C)N(Cc1ccccc1F)C(=O)Cc1ccccc1F. The van der Waals surface area contributed by atoms with Gasteiger partial charge in [0.15, 0.2) is 0 Å². The molecule has 6 heteroatoms. The highest BCUT2D eigenvalue weighted by Crippen LogP contribution is 2.16. The summed E-state index contributed by atoms with van der Waals surface area (Å²) in [5, 5.41) is 2.79. The lowest BCUT2D eigenvalue weighted by molar-refractivity contribution is -0.140.